The van der Waals surface area contributed by atoms with Gasteiger partial charge in [-0.05, 0) is 18.2 Å². The Kier molecular flexibility index (Phi) is 4.40. The van der Waals surface area contributed by atoms with E-state index in [1.807, 2.05) is 0 Å². The number of aryl methyl sites for hydroxylation is 1. The zero-order chi connectivity index (χ0) is 19.1. The van der Waals surface area contributed by atoms with E-state index in [2.05, 4.69) is 20.6 Å². The molecule has 0 spiro atoms. The van der Waals surface area contributed by atoms with E-state index in [0.29, 0.717) is 6.07 Å². The first kappa shape index (κ1) is 17.9. The SMILES string of the molecule is Cn1nnc2c(=O)n(CC(=O)Nc3cc(C(F)(F)F)ccc3Cl)cnc21. The Balaban J connectivity index is 1.84. The zero-order valence-electron chi connectivity index (χ0n) is 13.1. The normalized spacial score (nSPS) is 11.7. The lowest BCUT2D eigenvalue weighted by Gasteiger charge is -2.12. The van der Waals surface area contributed by atoms with Crippen molar-refractivity contribution in [3.8, 4) is 0 Å². The van der Waals surface area contributed by atoms with Crippen LogP contribution in [-0.4, -0.2) is 30.5 Å². The second kappa shape index (κ2) is 6.41. The number of carbonyl (C=O) groups excluding carboxylic acids is 1. The number of halogens is 4. The first-order valence-corrected chi connectivity index (χ1v) is 7.46. The van der Waals surface area contributed by atoms with Gasteiger partial charge in [0.15, 0.2) is 11.2 Å². The van der Waals surface area contributed by atoms with Crippen molar-refractivity contribution in [3.05, 3.63) is 45.5 Å². The Bertz CT molecular complexity index is 1060. The highest BCUT2D eigenvalue weighted by Crippen LogP contribution is 2.33. The maximum absolute atomic E-state index is 12.8. The van der Waals surface area contributed by atoms with Crippen LogP contribution < -0.4 is 10.9 Å². The fourth-order valence-corrected chi connectivity index (χ4v) is 2.37. The molecule has 0 atom stereocenters. The average molecular weight is 387 g/mol. The zero-order valence-corrected chi connectivity index (χ0v) is 13.8. The van der Waals surface area contributed by atoms with Crippen molar-refractivity contribution in [2.75, 3.05) is 5.32 Å². The molecule has 0 aliphatic carbocycles. The van der Waals surface area contributed by atoms with Gasteiger partial charge in [-0.2, -0.15) is 13.2 Å². The molecule has 0 fully saturated rings. The van der Waals surface area contributed by atoms with Crippen molar-refractivity contribution in [3.63, 3.8) is 0 Å². The molecule has 1 aromatic carbocycles. The lowest BCUT2D eigenvalue weighted by atomic mass is 10.2. The van der Waals surface area contributed by atoms with Crippen LogP contribution in [0.25, 0.3) is 11.2 Å². The van der Waals surface area contributed by atoms with Crippen LogP contribution in [0.15, 0.2) is 29.3 Å². The molecule has 0 aliphatic heterocycles. The highest BCUT2D eigenvalue weighted by molar-refractivity contribution is 6.33. The van der Waals surface area contributed by atoms with Gasteiger partial charge in [0.1, 0.15) is 12.9 Å². The van der Waals surface area contributed by atoms with Gasteiger partial charge in [-0.25, -0.2) is 9.67 Å². The van der Waals surface area contributed by atoms with Crippen molar-refractivity contribution in [2.24, 2.45) is 7.05 Å². The summed E-state index contributed by atoms with van der Waals surface area (Å²) in [7, 11) is 1.55. The van der Waals surface area contributed by atoms with Gasteiger partial charge in [-0.1, -0.05) is 16.8 Å². The second-order valence-corrected chi connectivity index (χ2v) is 5.71. The molecule has 12 heteroatoms. The van der Waals surface area contributed by atoms with Gasteiger partial charge in [0.05, 0.1) is 16.3 Å². The van der Waals surface area contributed by atoms with E-state index in [4.69, 9.17) is 11.6 Å². The number of amides is 1. The summed E-state index contributed by atoms with van der Waals surface area (Å²) in [4.78, 5) is 28.3. The summed E-state index contributed by atoms with van der Waals surface area (Å²) in [5.74, 6) is -0.752. The molecule has 8 nitrogen and oxygen atoms in total. The van der Waals surface area contributed by atoms with E-state index < -0.39 is 29.8 Å². The molecule has 0 radical (unpaired) electrons. The quantitative estimate of drug-likeness (QED) is 0.741. The van der Waals surface area contributed by atoms with Crippen LogP contribution in [0.2, 0.25) is 5.02 Å². The lowest BCUT2D eigenvalue weighted by molar-refractivity contribution is -0.137. The topological polar surface area (TPSA) is 94.7 Å². The molecule has 0 unspecified atom stereocenters. The van der Waals surface area contributed by atoms with Crippen LogP contribution in [0, 0.1) is 0 Å². The summed E-state index contributed by atoms with van der Waals surface area (Å²) in [5, 5.41) is 9.50. The fourth-order valence-electron chi connectivity index (χ4n) is 2.20. The number of hydrogen-bond acceptors (Lipinski definition) is 5. The van der Waals surface area contributed by atoms with E-state index >= 15 is 0 Å². The summed E-state index contributed by atoms with van der Waals surface area (Å²) in [6.07, 6.45) is -3.46. The third kappa shape index (κ3) is 3.38. The summed E-state index contributed by atoms with van der Waals surface area (Å²) >= 11 is 5.82. The van der Waals surface area contributed by atoms with Crippen LogP contribution >= 0.6 is 11.6 Å². The number of nitrogens with one attached hydrogen (secondary N) is 1. The maximum atomic E-state index is 12.8. The van der Waals surface area contributed by atoms with Gasteiger partial charge in [0.25, 0.3) is 5.56 Å². The Morgan fingerprint density at radius 1 is 1.35 bits per heavy atom. The van der Waals surface area contributed by atoms with Gasteiger partial charge in [-0.15, -0.1) is 5.10 Å². The van der Waals surface area contributed by atoms with Crippen LogP contribution in [0.1, 0.15) is 5.56 Å². The molecule has 0 saturated heterocycles. The molecule has 0 bridgehead atoms. The van der Waals surface area contributed by atoms with E-state index in [-0.39, 0.29) is 21.9 Å². The molecule has 1 N–H and O–H groups in total. The van der Waals surface area contributed by atoms with Gasteiger partial charge in [0, 0.05) is 7.05 Å². The third-order valence-electron chi connectivity index (χ3n) is 3.46. The average Bonchev–Trinajstić information content (AvgIpc) is 2.93. The second-order valence-electron chi connectivity index (χ2n) is 5.30. The highest BCUT2D eigenvalue weighted by Gasteiger charge is 2.31. The minimum atomic E-state index is -4.58. The molecular weight excluding hydrogens is 377 g/mol. The van der Waals surface area contributed by atoms with E-state index in [9.17, 15) is 22.8 Å². The highest BCUT2D eigenvalue weighted by atomic mass is 35.5. The van der Waals surface area contributed by atoms with E-state index in [0.717, 1.165) is 23.0 Å². The first-order valence-electron chi connectivity index (χ1n) is 7.08. The Labute approximate surface area is 148 Å². The number of hydrogen-bond donors (Lipinski definition) is 1. The van der Waals surface area contributed by atoms with Crippen LogP contribution in [0.5, 0.6) is 0 Å². The van der Waals surface area contributed by atoms with Crippen molar-refractivity contribution >= 4 is 34.4 Å². The molecule has 3 rings (SSSR count). The number of aromatic nitrogens is 5. The molecular formula is C14H10ClF3N6O2. The molecule has 1 amide bonds. The summed E-state index contributed by atoms with van der Waals surface area (Å²) in [6.45, 7) is -0.481. The predicted octanol–water partition coefficient (Wildman–Crippen LogP) is 1.84. The van der Waals surface area contributed by atoms with Gasteiger partial charge in [-0.3, -0.25) is 14.2 Å². The largest absolute Gasteiger partial charge is 0.416 e. The van der Waals surface area contributed by atoms with Crippen LogP contribution in [0.3, 0.4) is 0 Å². The molecule has 2 aromatic heterocycles. The molecule has 3 aromatic rings. The number of nitrogens with zero attached hydrogens (tertiary/aromatic N) is 5. The smallest absolute Gasteiger partial charge is 0.323 e. The van der Waals surface area contributed by atoms with Crippen molar-refractivity contribution in [1.82, 2.24) is 24.5 Å². The molecule has 2 heterocycles. The predicted molar refractivity (Wildman–Crippen MR) is 85.6 cm³/mol. The van der Waals surface area contributed by atoms with Gasteiger partial charge in [0.2, 0.25) is 5.91 Å². The first-order chi connectivity index (χ1) is 12.2. The minimum Gasteiger partial charge on any atom is -0.323 e. The number of rotatable bonds is 3. The maximum Gasteiger partial charge on any atom is 0.416 e. The fraction of sp³-hybridized carbons (Fsp3) is 0.214. The number of carbonyl (C=O) groups is 1. The monoisotopic (exact) mass is 386 g/mol. The number of benzene rings is 1. The number of fused-ring (bicyclic) bond motifs is 1. The number of anilines is 1. The standard InChI is InChI=1S/C14H10ClF3N6O2/c1-23-12-11(21-22-23)13(26)24(6-19-12)5-10(25)20-9-4-7(14(16,17)18)2-3-8(9)15/h2-4,6H,5H2,1H3,(H,20,25). The van der Waals surface area contributed by atoms with E-state index in [1.54, 1.807) is 7.05 Å². The lowest BCUT2D eigenvalue weighted by Crippen LogP contribution is -2.28. The third-order valence-corrected chi connectivity index (χ3v) is 3.79. The Morgan fingerprint density at radius 3 is 2.77 bits per heavy atom. The molecule has 0 saturated carbocycles. The summed E-state index contributed by atoms with van der Waals surface area (Å²) in [6, 6.07) is 2.54. The van der Waals surface area contributed by atoms with Crippen molar-refractivity contribution in [2.45, 2.75) is 12.7 Å². The Hall–Kier alpha value is -2.95. The molecule has 136 valence electrons. The van der Waals surface area contributed by atoms with Crippen LogP contribution in [-0.2, 0) is 24.6 Å². The van der Waals surface area contributed by atoms with Gasteiger partial charge < -0.3 is 5.32 Å². The van der Waals surface area contributed by atoms with E-state index in [1.165, 1.54) is 4.68 Å². The Morgan fingerprint density at radius 2 is 2.08 bits per heavy atom. The van der Waals surface area contributed by atoms with Crippen molar-refractivity contribution in [1.29, 1.82) is 0 Å². The van der Waals surface area contributed by atoms with Crippen molar-refractivity contribution < 1.29 is 18.0 Å². The van der Waals surface area contributed by atoms with Crippen LogP contribution in [0.4, 0.5) is 18.9 Å². The summed E-state index contributed by atoms with van der Waals surface area (Å²) < 4.78 is 40.5. The number of alkyl halides is 3. The molecule has 26 heavy (non-hydrogen) atoms. The summed E-state index contributed by atoms with van der Waals surface area (Å²) in [5.41, 5.74) is -1.56. The molecule has 0 aliphatic rings. The van der Waals surface area contributed by atoms with Gasteiger partial charge >= 0.3 is 6.18 Å². The minimum absolute atomic E-state index is 0.0279.